The smallest absolute Gasteiger partial charge is 0.261 e. The molecule has 0 aliphatic rings. The molecule has 0 saturated carbocycles. The van der Waals surface area contributed by atoms with Crippen molar-refractivity contribution < 1.29 is 14.3 Å². The van der Waals surface area contributed by atoms with Crippen molar-refractivity contribution in [1.29, 1.82) is 0 Å². The van der Waals surface area contributed by atoms with Gasteiger partial charge in [-0.2, -0.15) is 0 Å². The Kier molecular flexibility index (Phi) is 10.7. The van der Waals surface area contributed by atoms with Gasteiger partial charge in [0.15, 0.2) is 6.61 Å². The standard InChI is InChI=1S/C29H31Cl3N2O3/c1-4-20(3)33-29(36)27(16-21-9-6-5-7-10-21)34(17-23-25(31)11-8-12-26(23)32)28(35)18-37-22-13-14-24(30)19(2)15-22/h5-15,20,27H,4,16-18H2,1-3H3,(H,33,36)/t20-,27-/m0/s1. The van der Waals surface area contributed by atoms with Crippen LogP contribution in [0.15, 0.2) is 66.7 Å². The minimum absolute atomic E-state index is 0.0474. The van der Waals surface area contributed by atoms with Crippen LogP contribution in [0.3, 0.4) is 0 Å². The molecule has 5 nitrogen and oxygen atoms in total. The van der Waals surface area contributed by atoms with Crippen LogP contribution in [-0.4, -0.2) is 35.4 Å². The van der Waals surface area contributed by atoms with Gasteiger partial charge in [0, 0.05) is 39.6 Å². The SMILES string of the molecule is CC[C@H](C)NC(=O)[C@H](Cc1ccccc1)N(Cc1c(Cl)cccc1Cl)C(=O)COc1ccc(Cl)c(C)c1. The van der Waals surface area contributed by atoms with Crippen LogP contribution in [0.1, 0.15) is 37.0 Å². The van der Waals surface area contributed by atoms with Gasteiger partial charge in [-0.3, -0.25) is 9.59 Å². The monoisotopic (exact) mass is 560 g/mol. The van der Waals surface area contributed by atoms with Gasteiger partial charge in [0.2, 0.25) is 5.91 Å². The van der Waals surface area contributed by atoms with E-state index in [0.717, 1.165) is 17.5 Å². The molecule has 0 heterocycles. The van der Waals surface area contributed by atoms with Crippen molar-refractivity contribution in [3.63, 3.8) is 0 Å². The molecule has 8 heteroatoms. The Morgan fingerprint density at radius 1 is 0.946 bits per heavy atom. The summed E-state index contributed by atoms with van der Waals surface area (Å²) in [5.74, 6) is -0.115. The minimum atomic E-state index is -0.813. The van der Waals surface area contributed by atoms with Gasteiger partial charge in [-0.15, -0.1) is 0 Å². The van der Waals surface area contributed by atoms with Crippen LogP contribution in [0.4, 0.5) is 0 Å². The summed E-state index contributed by atoms with van der Waals surface area (Å²) in [5, 5.41) is 4.48. The number of nitrogens with one attached hydrogen (secondary N) is 1. The molecule has 3 aromatic rings. The Labute approximate surface area is 233 Å². The third kappa shape index (κ3) is 8.13. The number of rotatable bonds is 11. The largest absolute Gasteiger partial charge is 0.484 e. The second kappa shape index (κ2) is 13.7. The zero-order valence-electron chi connectivity index (χ0n) is 21.1. The molecular formula is C29H31Cl3N2O3. The molecule has 0 radical (unpaired) electrons. The van der Waals surface area contributed by atoms with Crippen molar-refractivity contribution in [1.82, 2.24) is 10.2 Å². The topological polar surface area (TPSA) is 58.6 Å². The van der Waals surface area contributed by atoms with Crippen molar-refractivity contribution in [2.45, 2.75) is 52.2 Å². The third-order valence-corrected chi connectivity index (χ3v) is 7.29. The predicted molar refractivity (Wildman–Crippen MR) is 151 cm³/mol. The molecule has 0 fully saturated rings. The number of aryl methyl sites for hydroxylation is 1. The minimum Gasteiger partial charge on any atom is -0.484 e. The summed E-state index contributed by atoms with van der Waals surface area (Å²) in [6.45, 7) is 5.56. The summed E-state index contributed by atoms with van der Waals surface area (Å²) in [5.41, 5.74) is 2.32. The molecule has 1 N–H and O–H groups in total. The molecule has 2 amide bonds. The number of carbonyl (C=O) groups is 2. The molecule has 37 heavy (non-hydrogen) atoms. The van der Waals surface area contributed by atoms with E-state index in [1.54, 1.807) is 36.4 Å². The molecule has 3 rings (SSSR count). The van der Waals surface area contributed by atoms with E-state index in [4.69, 9.17) is 39.5 Å². The zero-order chi connectivity index (χ0) is 26.9. The lowest BCUT2D eigenvalue weighted by Crippen LogP contribution is -2.53. The molecule has 0 aromatic heterocycles. The highest BCUT2D eigenvalue weighted by molar-refractivity contribution is 6.36. The van der Waals surface area contributed by atoms with Gasteiger partial charge in [0.25, 0.3) is 5.91 Å². The molecule has 196 valence electrons. The van der Waals surface area contributed by atoms with E-state index < -0.39 is 6.04 Å². The van der Waals surface area contributed by atoms with Crippen molar-refractivity contribution in [3.05, 3.63) is 98.5 Å². The van der Waals surface area contributed by atoms with Crippen LogP contribution in [0.2, 0.25) is 15.1 Å². The maximum Gasteiger partial charge on any atom is 0.261 e. The van der Waals surface area contributed by atoms with E-state index in [1.165, 1.54) is 4.90 Å². The van der Waals surface area contributed by atoms with E-state index in [0.29, 0.717) is 32.8 Å². The first-order valence-corrected chi connectivity index (χ1v) is 13.3. The average Bonchev–Trinajstić information content (AvgIpc) is 2.88. The van der Waals surface area contributed by atoms with Crippen LogP contribution in [0.5, 0.6) is 5.75 Å². The van der Waals surface area contributed by atoms with Crippen molar-refractivity contribution in [2.24, 2.45) is 0 Å². The molecule has 3 aromatic carbocycles. The van der Waals surface area contributed by atoms with Gasteiger partial charge in [-0.05, 0) is 61.7 Å². The van der Waals surface area contributed by atoms with Crippen LogP contribution in [0.25, 0.3) is 0 Å². The first-order chi connectivity index (χ1) is 17.7. The highest BCUT2D eigenvalue weighted by Crippen LogP contribution is 2.28. The fourth-order valence-electron chi connectivity index (χ4n) is 3.78. The number of hydrogen-bond acceptors (Lipinski definition) is 3. The Morgan fingerprint density at radius 3 is 2.24 bits per heavy atom. The lowest BCUT2D eigenvalue weighted by molar-refractivity contribution is -0.143. The summed E-state index contributed by atoms with van der Waals surface area (Å²) >= 11 is 19.1. The van der Waals surface area contributed by atoms with Gasteiger partial charge in [-0.1, -0.05) is 78.1 Å². The zero-order valence-corrected chi connectivity index (χ0v) is 23.4. The molecule has 0 aliphatic heterocycles. The Morgan fingerprint density at radius 2 is 1.62 bits per heavy atom. The average molecular weight is 562 g/mol. The molecule has 0 unspecified atom stereocenters. The fraction of sp³-hybridized carbons (Fsp3) is 0.310. The highest BCUT2D eigenvalue weighted by Gasteiger charge is 2.32. The predicted octanol–water partition coefficient (Wildman–Crippen LogP) is 6.89. The lowest BCUT2D eigenvalue weighted by atomic mass is 10.0. The summed E-state index contributed by atoms with van der Waals surface area (Å²) in [4.78, 5) is 28.7. The number of hydrogen-bond donors (Lipinski definition) is 1. The Hall–Kier alpha value is -2.73. The number of halogens is 3. The molecular weight excluding hydrogens is 531 g/mol. The van der Waals surface area contributed by atoms with E-state index in [9.17, 15) is 9.59 Å². The van der Waals surface area contributed by atoms with Gasteiger partial charge < -0.3 is 15.0 Å². The van der Waals surface area contributed by atoms with E-state index >= 15 is 0 Å². The number of carbonyl (C=O) groups excluding carboxylic acids is 2. The maximum absolute atomic E-state index is 13.7. The van der Waals surface area contributed by atoms with E-state index in [2.05, 4.69) is 5.32 Å². The molecule has 0 spiro atoms. The number of benzene rings is 3. The van der Waals surface area contributed by atoms with Gasteiger partial charge in [0.05, 0.1) is 0 Å². The molecule has 2 atom stereocenters. The van der Waals surface area contributed by atoms with E-state index in [-0.39, 0.29) is 31.0 Å². The second-order valence-electron chi connectivity index (χ2n) is 8.94. The summed E-state index contributed by atoms with van der Waals surface area (Å²) in [7, 11) is 0. The fourth-order valence-corrected chi connectivity index (χ4v) is 4.42. The quantitative estimate of drug-likeness (QED) is 0.277. The highest BCUT2D eigenvalue weighted by atomic mass is 35.5. The van der Waals surface area contributed by atoms with Crippen molar-refractivity contribution >= 4 is 46.6 Å². The van der Waals surface area contributed by atoms with E-state index in [1.807, 2.05) is 51.1 Å². The second-order valence-corrected chi connectivity index (χ2v) is 10.2. The molecule has 0 aliphatic carbocycles. The normalized spacial score (nSPS) is 12.5. The first kappa shape index (κ1) is 28.8. The number of amides is 2. The van der Waals surface area contributed by atoms with Gasteiger partial charge in [0.1, 0.15) is 11.8 Å². The van der Waals surface area contributed by atoms with Crippen LogP contribution < -0.4 is 10.1 Å². The van der Waals surface area contributed by atoms with Gasteiger partial charge >= 0.3 is 0 Å². The molecule has 0 bridgehead atoms. The molecule has 0 saturated heterocycles. The summed E-state index contributed by atoms with van der Waals surface area (Å²) in [6, 6.07) is 19.1. The third-order valence-electron chi connectivity index (χ3n) is 6.15. The Bertz CT molecular complexity index is 1200. The summed E-state index contributed by atoms with van der Waals surface area (Å²) < 4.78 is 5.82. The van der Waals surface area contributed by atoms with Crippen molar-refractivity contribution in [2.75, 3.05) is 6.61 Å². The maximum atomic E-state index is 13.7. The van der Waals surface area contributed by atoms with Crippen LogP contribution in [0, 0.1) is 6.92 Å². The number of nitrogens with zero attached hydrogens (tertiary/aromatic N) is 1. The number of ether oxygens (including phenoxy) is 1. The van der Waals surface area contributed by atoms with Crippen molar-refractivity contribution in [3.8, 4) is 5.75 Å². The van der Waals surface area contributed by atoms with Crippen LogP contribution >= 0.6 is 34.8 Å². The first-order valence-electron chi connectivity index (χ1n) is 12.1. The Balaban J connectivity index is 1.96. The van der Waals surface area contributed by atoms with Crippen LogP contribution in [-0.2, 0) is 22.6 Å². The summed E-state index contributed by atoms with van der Waals surface area (Å²) in [6.07, 6.45) is 1.07. The lowest BCUT2D eigenvalue weighted by Gasteiger charge is -2.32. The van der Waals surface area contributed by atoms with Gasteiger partial charge in [-0.25, -0.2) is 0 Å².